The van der Waals surface area contributed by atoms with Crippen LogP contribution >= 0.6 is 15.9 Å². The molecule has 0 atom stereocenters. The van der Waals surface area contributed by atoms with E-state index >= 15 is 0 Å². The maximum absolute atomic E-state index is 9.71. The van der Waals surface area contributed by atoms with Crippen LogP contribution in [-0.4, -0.2) is 30.7 Å². The van der Waals surface area contributed by atoms with Crippen LogP contribution in [0.5, 0.6) is 0 Å². The molecule has 0 saturated heterocycles. The average Bonchev–Trinajstić information content (AvgIpc) is 2.56. The quantitative estimate of drug-likeness (QED) is 0.864. The Labute approximate surface area is 101 Å². The first kappa shape index (κ1) is 10.2. The molecule has 0 bridgehead atoms. The number of nitrogens with zero attached hydrogens (tertiary/aromatic N) is 4. The van der Waals surface area contributed by atoms with E-state index in [2.05, 4.69) is 31.2 Å². The predicted octanol–water partition coefficient (Wildman–Crippen LogP) is 1.67. The van der Waals surface area contributed by atoms with E-state index in [1.165, 1.54) is 0 Å². The molecule has 0 radical (unpaired) electrons. The van der Waals surface area contributed by atoms with Crippen molar-refractivity contribution in [3.63, 3.8) is 0 Å². The number of halogens is 1. The second-order valence-corrected chi connectivity index (χ2v) is 5.50. The van der Waals surface area contributed by atoms with E-state index in [-0.39, 0.29) is 6.04 Å². The van der Waals surface area contributed by atoms with Gasteiger partial charge in [0.25, 0.3) is 0 Å². The number of fused-ring (bicyclic) bond motifs is 1. The van der Waals surface area contributed by atoms with Crippen LogP contribution in [0.15, 0.2) is 16.7 Å². The summed E-state index contributed by atoms with van der Waals surface area (Å²) in [7, 11) is 0. The Balaban J connectivity index is 2.00. The first-order valence-corrected chi connectivity index (χ1v) is 5.93. The summed E-state index contributed by atoms with van der Waals surface area (Å²) in [6.07, 6.45) is 3.16. The number of pyridine rings is 1. The third kappa shape index (κ3) is 1.53. The lowest BCUT2D eigenvalue weighted by atomic mass is 9.77. The molecule has 0 aliphatic heterocycles. The lowest BCUT2D eigenvalue weighted by Crippen LogP contribution is -2.42. The van der Waals surface area contributed by atoms with Gasteiger partial charge in [-0.1, -0.05) is 5.21 Å². The van der Waals surface area contributed by atoms with Crippen LogP contribution in [0.4, 0.5) is 0 Å². The van der Waals surface area contributed by atoms with Gasteiger partial charge in [0.15, 0.2) is 5.65 Å². The van der Waals surface area contributed by atoms with Gasteiger partial charge in [0, 0.05) is 10.7 Å². The zero-order valence-electron chi connectivity index (χ0n) is 8.76. The third-order valence-electron chi connectivity index (χ3n) is 2.98. The van der Waals surface area contributed by atoms with Gasteiger partial charge >= 0.3 is 0 Å². The standard InChI is InChI=1S/C10H11BrN4O/c1-10(16)3-7(4-10)15-9-8(13-14-15)2-6(11)5-12-9/h2,5,7,16H,3-4H2,1H3. The van der Waals surface area contributed by atoms with Crippen LogP contribution in [0.1, 0.15) is 25.8 Å². The van der Waals surface area contributed by atoms with Gasteiger partial charge in [-0.05, 0) is 41.8 Å². The summed E-state index contributed by atoms with van der Waals surface area (Å²) in [5.41, 5.74) is 1.00. The minimum absolute atomic E-state index is 0.216. The van der Waals surface area contributed by atoms with Gasteiger partial charge in [0.1, 0.15) is 5.52 Å². The molecule has 84 valence electrons. The number of hydrogen-bond donors (Lipinski definition) is 1. The molecule has 0 unspecified atom stereocenters. The molecule has 0 amide bonds. The van der Waals surface area contributed by atoms with Gasteiger partial charge < -0.3 is 5.11 Å². The Hall–Kier alpha value is -1.01. The average molecular weight is 283 g/mol. The van der Waals surface area contributed by atoms with Crippen molar-refractivity contribution in [1.82, 2.24) is 20.0 Å². The van der Waals surface area contributed by atoms with Crippen molar-refractivity contribution in [2.45, 2.75) is 31.4 Å². The number of aromatic nitrogens is 4. The largest absolute Gasteiger partial charge is 0.390 e. The first-order chi connectivity index (χ1) is 7.55. The normalized spacial score (nSPS) is 29.3. The SMILES string of the molecule is CC1(O)CC(n2nnc3cc(Br)cnc32)C1. The highest BCUT2D eigenvalue weighted by atomic mass is 79.9. The molecule has 0 aromatic carbocycles. The number of hydrogen-bond acceptors (Lipinski definition) is 4. The van der Waals surface area contributed by atoms with Gasteiger partial charge in [0.2, 0.25) is 0 Å². The lowest BCUT2D eigenvalue weighted by Gasteiger charge is -2.40. The maximum Gasteiger partial charge on any atom is 0.178 e. The highest BCUT2D eigenvalue weighted by Crippen LogP contribution is 2.41. The Kier molecular flexibility index (Phi) is 2.06. The van der Waals surface area contributed by atoms with Gasteiger partial charge in [-0.2, -0.15) is 0 Å². The van der Waals surface area contributed by atoms with E-state index in [1.807, 2.05) is 13.0 Å². The summed E-state index contributed by atoms with van der Waals surface area (Å²) >= 11 is 3.35. The van der Waals surface area contributed by atoms with Crippen molar-refractivity contribution in [3.8, 4) is 0 Å². The molecular formula is C10H11BrN4O. The van der Waals surface area contributed by atoms with Crippen LogP contribution in [0, 0.1) is 0 Å². The zero-order valence-corrected chi connectivity index (χ0v) is 10.3. The highest BCUT2D eigenvalue weighted by molar-refractivity contribution is 9.10. The van der Waals surface area contributed by atoms with E-state index < -0.39 is 5.60 Å². The van der Waals surface area contributed by atoms with E-state index in [0.717, 1.165) is 15.6 Å². The summed E-state index contributed by atoms with van der Waals surface area (Å²) < 4.78 is 2.70. The van der Waals surface area contributed by atoms with Crippen molar-refractivity contribution < 1.29 is 5.11 Å². The summed E-state index contributed by atoms with van der Waals surface area (Å²) in [5, 5.41) is 17.9. The van der Waals surface area contributed by atoms with Gasteiger partial charge in [0.05, 0.1) is 11.6 Å². The van der Waals surface area contributed by atoms with E-state index in [0.29, 0.717) is 12.8 Å². The van der Waals surface area contributed by atoms with Crippen LogP contribution < -0.4 is 0 Å². The van der Waals surface area contributed by atoms with Crippen LogP contribution in [0.2, 0.25) is 0 Å². The molecule has 16 heavy (non-hydrogen) atoms. The lowest BCUT2D eigenvalue weighted by molar-refractivity contribution is -0.0536. The summed E-state index contributed by atoms with van der Waals surface area (Å²) in [6.45, 7) is 1.84. The van der Waals surface area contributed by atoms with Gasteiger partial charge in [-0.15, -0.1) is 5.10 Å². The van der Waals surface area contributed by atoms with Crippen molar-refractivity contribution >= 4 is 27.1 Å². The zero-order chi connectivity index (χ0) is 11.3. The monoisotopic (exact) mass is 282 g/mol. The Morgan fingerprint density at radius 1 is 1.56 bits per heavy atom. The van der Waals surface area contributed by atoms with Crippen LogP contribution in [0.3, 0.4) is 0 Å². The minimum atomic E-state index is -0.557. The first-order valence-electron chi connectivity index (χ1n) is 5.14. The van der Waals surface area contributed by atoms with Gasteiger partial charge in [-0.3, -0.25) is 0 Å². The van der Waals surface area contributed by atoms with Crippen molar-refractivity contribution in [2.75, 3.05) is 0 Å². The fraction of sp³-hybridized carbons (Fsp3) is 0.500. The fourth-order valence-corrected chi connectivity index (χ4v) is 2.50. The maximum atomic E-state index is 9.71. The van der Waals surface area contributed by atoms with E-state index in [4.69, 9.17) is 0 Å². The molecule has 2 aromatic heterocycles. The van der Waals surface area contributed by atoms with Crippen molar-refractivity contribution in [3.05, 3.63) is 16.7 Å². The molecule has 0 spiro atoms. The minimum Gasteiger partial charge on any atom is -0.390 e. The molecule has 1 aliphatic rings. The molecule has 2 aromatic rings. The number of rotatable bonds is 1. The fourth-order valence-electron chi connectivity index (χ4n) is 2.18. The molecule has 1 aliphatic carbocycles. The van der Waals surface area contributed by atoms with E-state index in [1.54, 1.807) is 10.9 Å². The summed E-state index contributed by atoms with van der Waals surface area (Å²) in [5.74, 6) is 0. The Morgan fingerprint density at radius 3 is 3.00 bits per heavy atom. The number of aliphatic hydroxyl groups is 1. The smallest absolute Gasteiger partial charge is 0.178 e. The predicted molar refractivity (Wildman–Crippen MR) is 61.9 cm³/mol. The molecule has 1 saturated carbocycles. The molecule has 5 nitrogen and oxygen atoms in total. The Bertz CT molecular complexity index is 543. The second-order valence-electron chi connectivity index (χ2n) is 4.59. The molecule has 1 N–H and O–H groups in total. The molecule has 1 fully saturated rings. The van der Waals surface area contributed by atoms with Crippen molar-refractivity contribution in [1.29, 1.82) is 0 Å². The highest BCUT2D eigenvalue weighted by Gasteiger charge is 2.40. The van der Waals surface area contributed by atoms with Gasteiger partial charge in [-0.25, -0.2) is 9.67 Å². The van der Waals surface area contributed by atoms with E-state index in [9.17, 15) is 5.11 Å². The van der Waals surface area contributed by atoms with Crippen LogP contribution in [0.25, 0.3) is 11.2 Å². The second kappa shape index (κ2) is 3.24. The molecule has 2 heterocycles. The summed E-state index contributed by atoms with van der Waals surface area (Å²) in [4.78, 5) is 4.30. The van der Waals surface area contributed by atoms with Crippen LogP contribution in [-0.2, 0) is 0 Å². The topological polar surface area (TPSA) is 63.8 Å². The molecule has 6 heteroatoms. The summed E-state index contributed by atoms with van der Waals surface area (Å²) in [6, 6.07) is 2.11. The molecular weight excluding hydrogens is 272 g/mol. The third-order valence-corrected chi connectivity index (χ3v) is 3.41. The van der Waals surface area contributed by atoms with Crippen molar-refractivity contribution in [2.24, 2.45) is 0 Å². The Morgan fingerprint density at radius 2 is 2.31 bits per heavy atom. The molecule has 3 rings (SSSR count).